The second-order valence-corrected chi connectivity index (χ2v) is 7.86. The van der Waals surface area contributed by atoms with Crippen LogP contribution in [0.4, 0.5) is 0 Å². The van der Waals surface area contributed by atoms with Gasteiger partial charge in [0, 0.05) is 13.1 Å². The summed E-state index contributed by atoms with van der Waals surface area (Å²) < 4.78 is 9.01. The number of para-hydroxylation sites is 1. The van der Waals surface area contributed by atoms with Crippen LogP contribution in [0.2, 0.25) is 0 Å². The molecule has 0 bridgehead atoms. The van der Waals surface area contributed by atoms with Crippen molar-refractivity contribution < 1.29 is 4.74 Å². The van der Waals surface area contributed by atoms with E-state index in [9.17, 15) is 4.79 Å². The van der Waals surface area contributed by atoms with Crippen molar-refractivity contribution in [2.45, 2.75) is 38.3 Å². The van der Waals surface area contributed by atoms with E-state index in [2.05, 4.69) is 23.5 Å². The molecule has 1 aliphatic rings. The number of nitrogens with one attached hydrogen (secondary N) is 1. The van der Waals surface area contributed by atoms with Crippen LogP contribution in [0.5, 0.6) is 5.75 Å². The molecule has 0 saturated carbocycles. The van der Waals surface area contributed by atoms with E-state index in [-0.39, 0.29) is 11.7 Å². The van der Waals surface area contributed by atoms with Crippen molar-refractivity contribution in [2.75, 3.05) is 13.1 Å². The number of rotatable bonds is 7. The van der Waals surface area contributed by atoms with Gasteiger partial charge in [-0.05, 0) is 56.0 Å². The van der Waals surface area contributed by atoms with Gasteiger partial charge in [0.25, 0.3) is 5.56 Å². The Labute approximate surface area is 157 Å². The Bertz CT molecular complexity index is 931. The van der Waals surface area contributed by atoms with Gasteiger partial charge in [-0.15, -0.1) is 0 Å². The van der Waals surface area contributed by atoms with Crippen molar-refractivity contribution in [3.05, 3.63) is 64.4 Å². The third-order valence-corrected chi connectivity index (χ3v) is 6.01. The van der Waals surface area contributed by atoms with Crippen LogP contribution in [0.1, 0.15) is 24.8 Å². The van der Waals surface area contributed by atoms with Crippen LogP contribution in [0.15, 0.2) is 53.3 Å². The van der Waals surface area contributed by atoms with E-state index in [1.54, 1.807) is 11.5 Å². The van der Waals surface area contributed by atoms with Crippen molar-refractivity contribution in [3.8, 4) is 5.75 Å². The molecular formula is C21H24N2O2S. The molecule has 1 atom stereocenters. The predicted molar refractivity (Wildman–Crippen MR) is 107 cm³/mol. The van der Waals surface area contributed by atoms with Gasteiger partial charge in [-0.1, -0.05) is 41.9 Å². The molecule has 0 saturated heterocycles. The third-order valence-electron chi connectivity index (χ3n) is 4.89. The standard InChI is InChI=1S/C21H24N2O2S/c24-21-18-8-2-4-10-20(18)26-23(21)14-6-5-13-22-15-17-12-11-16-7-1-3-9-19(16)25-17/h1-4,7-10,17,22H,5-6,11-15H2/t17-/m1/s1. The minimum Gasteiger partial charge on any atom is -0.489 e. The van der Waals surface area contributed by atoms with Crippen molar-refractivity contribution >= 4 is 21.6 Å². The number of hydrogen-bond donors (Lipinski definition) is 1. The quantitative estimate of drug-likeness (QED) is 0.645. The second kappa shape index (κ2) is 8.06. The molecule has 26 heavy (non-hydrogen) atoms. The number of ether oxygens (including phenoxy) is 1. The Hall–Kier alpha value is -2.11. The summed E-state index contributed by atoms with van der Waals surface area (Å²) >= 11 is 1.57. The smallest absolute Gasteiger partial charge is 0.268 e. The van der Waals surface area contributed by atoms with Crippen molar-refractivity contribution in [2.24, 2.45) is 0 Å². The molecule has 0 aliphatic carbocycles. The van der Waals surface area contributed by atoms with E-state index in [1.165, 1.54) is 5.56 Å². The highest BCUT2D eigenvalue weighted by atomic mass is 32.1. The van der Waals surface area contributed by atoms with Gasteiger partial charge in [-0.25, -0.2) is 0 Å². The number of benzene rings is 2. The van der Waals surface area contributed by atoms with Crippen LogP contribution in [-0.4, -0.2) is 23.2 Å². The summed E-state index contributed by atoms with van der Waals surface area (Å²) in [5.74, 6) is 1.04. The fraction of sp³-hybridized carbons (Fsp3) is 0.381. The maximum Gasteiger partial charge on any atom is 0.268 e. The summed E-state index contributed by atoms with van der Waals surface area (Å²) in [6.45, 7) is 2.64. The molecule has 3 aromatic rings. The fourth-order valence-electron chi connectivity index (χ4n) is 3.46. The first kappa shape index (κ1) is 17.3. The number of fused-ring (bicyclic) bond motifs is 2. The van der Waals surface area contributed by atoms with Gasteiger partial charge in [0.1, 0.15) is 11.9 Å². The lowest BCUT2D eigenvalue weighted by Gasteiger charge is -2.26. The molecule has 2 aromatic carbocycles. The van der Waals surface area contributed by atoms with Gasteiger partial charge in [0.05, 0.1) is 10.1 Å². The lowest BCUT2D eigenvalue weighted by atomic mass is 10.0. The minimum atomic E-state index is 0.146. The number of hydrogen-bond acceptors (Lipinski definition) is 4. The van der Waals surface area contributed by atoms with Crippen LogP contribution in [0, 0.1) is 0 Å². The first-order valence-corrected chi connectivity index (χ1v) is 10.1. The van der Waals surface area contributed by atoms with Gasteiger partial charge in [0.2, 0.25) is 0 Å². The molecule has 1 aromatic heterocycles. The Morgan fingerprint density at radius 3 is 2.88 bits per heavy atom. The van der Waals surface area contributed by atoms with Crippen LogP contribution in [0.25, 0.3) is 10.1 Å². The largest absolute Gasteiger partial charge is 0.489 e. The summed E-state index contributed by atoms with van der Waals surface area (Å²) in [7, 11) is 0. The first-order valence-electron chi connectivity index (χ1n) is 9.35. The van der Waals surface area contributed by atoms with E-state index in [0.29, 0.717) is 0 Å². The normalized spacial score (nSPS) is 16.4. The number of unbranched alkanes of at least 4 members (excludes halogenated alkanes) is 1. The maximum absolute atomic E-state index is 12.3. The number of aryl methyl sites for hydroxylation is 2. The monoisotopic (exact) mass is 368 g/mol. The van der Waals surface area contributed by atoms with E-state index < -0.39 is 0 Å². The molecule has 0 spiro atoms. The number of nitrogens with zero attached hydrogens (tertiary/aromatic N) is 1. The fourth-order valence-corrected chi connectivity index (χ4v) is 4.49. The van der Waals surface area contributed by atoms with Gasteiger partial charge in [0.15, 0.2) is 0 Å². The van der Waals surface area contributed by atoms with Crippen molar-refractivity contribution in [1.29, 1.82) is 0 Å². The average Bonchev–Trinajstić information content (AvgIpc) is 3.00. The molecule has 1 N–H and O–H groups in total. The molecule has 0 amide bonds. The Morgan fingerprint density at radius 1 is 1.12 bits per heavy atom. The number of aromatic nitrogens is 1. The van der Waals surface area contributed by atoms with Gasteiger partial charge < -0.3 is 10.1 Å². The zero-order valence-corrected chi connectivity index (χ0v) is 15.6. The molecule has 0 unspecified atom stereocenters. The highest BCUT2D eigenvalue weighted by Crippen LogP contribution is 2.26. The van der Waals surface area contributed by atoms with Crippen molar-refractivity contribution in [3.63, 3.8) is 0 Å². The van der Waals surface area contributed by atoms with Crippen LogP contribution >= 0.6 is 11.5 Å². The predicted octanol–water partition coefficient (Wildman–Crippen LogP) is 3.83. The molecule has 2 heterocycles. The van der Waals surface area contributed by atoms with Crippen molar-refractivity contribution in [1.82, 2.24) is 9.27 Å². The van der Waals surface area contributed by atoms with E-state index in [4.69, 9.17) is 4.74 Å². The Morgan fingerprint density at radius 2 is 1.96 bits per heavy atom. The van der Waals surface area contributed by atoms with Crippen LogP contribution in [-0.2, 0) is 13.0 Å². The van der Waals surface area contributed by atoms with Gasteiger partial charge >= 0.3 is 0 Å². The molecule has 1 aliphatic heterocycles. The van der Waals surface area contributed by atoms with Gasteiger partial charge in [-0.3, -0.25) is 8.75 Å². The molecule has 0 fully saturated rings. The van der Waals surface area contributed by atoms with Crippen LogP contribution in [0.3, 0.4) is 0 Å². The Kier molecular flexibility index (Phi) is 5.37. The molecular weight excluding hydrogens is 344 g/mol. The second-order valence-electron chi connectivity index (χ2n) is 6.79. The molecule has 4 rings (SSSR count). The average molecular weight is 369 g/mol. The molecule has 5 heteroatoms. The summed E-state index contributed by atoms with van der Waals surface area (Å²) in [6, 6.07) is 16.2. The third kappa shape index (κ3) is 3.84. The summed E-state index contributed by atoms with van der Waals surface area (Å²) in [5.41, 5.74) is 1.46. The van der Waals surface area contributed by atoms with Gasteiger partial charge in [-0.2, -0.15) is 0 Å². The summed E-state index contributed by atoms with van der Waals surface area (Å²) in [5, 5.41) is 4.34. The molecule has 0 radical (unpaired) electrons. The highest BCUT2D eigenvalue weighted by Gasteiger charge is 2.18. The zero-order valence-electron chi connectivity index (χ0n) is 14.8. The zero-order chi connectivity index (χ0) is 17.8. The summed E-state index contributed by atoms with van der Waals surface area (Å²) in [4.78, 5) is 12.3. The highest BCUT2D eigenvalue weighted by molar-refractivity contribution is 7.13. The maximum atomic E-state index is 12.3. The van der Waals surface area contributed by atoms with E-state index in [0.717, 1.165) is 61.2 Å². The lowest BCUT2D eigenvalue weighted by Crippen LogP contribution is -2.34. The SMILES string of the molecule is O=c1c2ccccc2sn1CCCCNC[C@H]1CCc2ccccc2O1. The lowest BCUT2D eigenvalue weighted by molar-refractivity contribution is 0.170. The minimum absolute atomic E-state index is 0.146. The molecule has 4 nitrogen and oxygen atoms in total. The van der Waals surface area contributed by atoms with Crippen LogP contribution < -0.4 is 15.6 Å². The van der Waals surface area contributed by atoms with E-state index in [1.807, 2.05) is 34.3 Å². The Balaban J connectivity index is 1.18. The topological polar surface area (TPSA) is 43.3 Å². The summed E-state index contributed by atoms with van der Waals surface area (Å²) in [6.07, 6.45) is 4.49. The first-order chi connectivity index (χ1) is 12.8. The van der Waals surface area contributed by atoms with E-state index >= 15 is 0 Å². The molecule has 136 valence electrons.